The van der Waals surface area contributed by atoms with E-state index in [1.165, 1.54) is 17.5 Å². The number of hydrogen-bond acceptors (Lipinski definition) is 5. The summed E-state index contributed by atoms with van der Waals surface area (Å²) in [6.45, 7) is 6.29. The smallest absolute Gasteiger partial charge is 0.231 e. The number of aromatic nitrogens is 1. The fourth-order valence-corrected chi connectivity index (χ4v) is 3.64. The average molecular weight is 300 g/mol. The molecule has 1 saturated heterocycles. The van der Waals surface area contributed by atoms with Gasteiger partial charge < -0.3 is 14.0 Å². The standard InChI is InChI=1S/C17H20N2O3/c1-11-16(12(2)22-18-11)14-6-4-8-19(14)9-13-5-3-7-15-17(13)21-10-20-15/h3,5,7,14H,4,6,8-10H2,1-2H3. The van der Waals surface area contributed by atoms with E-state index in [9.17, 15) is 0 Å². The minimum absolute atomic E-state index is 0.319. The summed E-state index contributed by atoms with van der Waals surface area (Å²) in [6.07, 6.45) is 2.34. The molecule has 1 atom stereocenters. The van der Waals surface area contributed by atoms with Crippen molar-refractivity contribution in [3.05, 3.63) is 40.8 Å². The highest BCUT2D eigenvalue weighted by Crippen LogP contribution is 2.40. The average Bonchev–Trinajstić information content (AvgIpc) is 3.21. The van der Waals surface area contributed by atoms with Crippen LogP contribution in [-0.4, -0.2) is 23.4 Å². The Hall–Kier alpha value is -2.01. The second kappa shape index (κ2) is 5.32. The molecule has 0 saturated carbocycles. The van der Waals surface area contributed by atoms with E-state index in [0.29, 0.717) is 12.8 Å². The minimum Gasteiger partial charge on any atom is -0.454 e. The van der Waals surface area contributed by atoms with Crippen LogP contribution in [0.3, 0.4) is 0 Å². The van der Waals surface area contributed by atoms with Crippen molar-refractivity contribution < 1.29 is 14.0 Å². The molecule has 2 aliphatic heterocycles. The Balaban J connectivity index is 1.62. The molecule has 116 valence electrons. The van der Waals surface area contributed by atoms with Crippen LogP contribution in [0.4, 0.5) is 0 Å². The van der Waals surface area contributed by atoms with Crippen molar-refractivity contribution in [3.8, 4) is 11.5 Å². The first-order valence-electron chi connectivity index (χ1n) is 7.78. The predicted molar refractivity (Wildman–Crippen MR) is 80.9 cm³/mol. The van der Waals surface area contributed by atoms with Crippen LogP contribution in [0.1, 0.15) is 41.5 Å². The Morgan fingerprint density at radius 3 is 3.00 bits per heavy atom. The second-order valence-corrected chi connectivity index (χ2v) is 6.02. The molecular weight excluding hydrogens is 280 g/mol. The highest BCUT2D eigenvalue weighted by Gasteiger charge is 2.31. The van der Waals surface area contributed by atoms with Gasteiger partial charge in [-0.2, -0.15) is 0 Å². The fourth-order valence-electron chi connectivity index (χ4n) is 3.64. The van der Waals surface area contributed by atoms with Crippen molar-refractivity contribution in [1.29, 1.82) is 0 Å². The molecule has 0 amide bonds. The van der Waals surface area contributed by atoms with Crippen molar-refractivity contribution in [2.24, 2.45) is 0 Å². The molecule has 1 unspecified atom stereocenters. The van der Waals surface area contributed by atoms with Gasteiger partial charge in [-0.3, -0.25) is 4.90 Å². The van der Waals surface area contributed by atoms with Gasteiger partial charge >= 0.3 is 0 Å². The van der Waals surface area contributed by atoms with Crippen LogP contribution in [0.15, 0.2) is 22.7 Å². The molecule has 1 fully saturated rings. The normalized spacial score (nSPS) is 20.7. The summed E-state index contributed by atoms with van der Waals surface area (Å²) >= 11 is 0. The second-order valence-electron chi connectivity index (χ2n) is 6.02. The van der Waals surface area contributed by atoms with Gasteiger partial charge in [0.25, 0.3) is 0 Å². The van der Waals surface area contributed by atoms with E-state index in [1.807, 2.05) is 26.0 Å². The summed E-state index contributed by atoms with van der Waals surface area (Å²) < 4.78 is 16.5. The molecule has 22 heavy (non-hydrogen) atoms. The third-order valence-corrected chi connectivity index (χ3v) is 4.64. The summed E-state index contributed by atoms with van der Waals surface area (Å²) in [4.78, 5) is 2.49. The zero-order valence-corrected chi connectivity index (χ0v) is 13.0. The summed E-state index contributed by atoms with van der Waals surface area (Å²) in [5.74, 6) is 2.68. The van der Waals surface area contributed by atoms with E-state index < -0.39 is 0 Å². The number of fused-ring (bicyclic) bond motifs is 1. The van der Waals surface area contributed by atoms with E-state index in [-0.39, 0.29) is 0 Å². The molecule has 0 N–H and O–H groups in total. The van der Waals surface area contributed by atoms with Gasteiger partial charge in [0, 0.05) is 23.7 Å². The van der Waals surface area contributed by atoms with Crippen LogP contribution in [-0.2, 0) is 6.54 Å². The van der Waals surface area contributed by atoms with Gasteiger partial charge in [0.05, 0.1) is 5.69 Å². The van der Waals surface area contributed by atoms with Crippen LogP contribution >= 0.6 is 0 Å². The van der Waals surface area contributed by atoms with Crippen LogP contribution in [0.25, 0.3) is 0 Å². The van der Waals surface area contributed by atoms with Gasteiger partial charge in [-0.1, -0.05) is 17.3 Å². The lowest BCUT2D eigenvalue weighted by molar-refractivity contribution is 0.171. The third-order valence-electron chi connectivity index (χ3n) is 4.64. The van der Waals surface area contributed by atoms with E-state index in [4.69, 9.17) is 14.0 Å². The predicted octanol–water partition coefficient (Wildman–Crippen LogP) is 3.36. The summed E-state index contributed by atoms with van der Waals surface area (Å²) in [5.41, 5.74) is 3.45. The number of ether oxygens (including phenoxy) is 2. The van der Waals surface area contributed by atoms with Crippen LogP contribution in [0.5, 0.6) is 11.5 Å². The van der Waals surface area contributed by atoms with Crippen molar-refractivity contribution in [3.63, 3.8) is 0 Å². The molecule has 2 aromatic rings. The first kappa shape index (κ1) is 13.6. The zero-order valence-electron chi connectivity index (χ0n) is 13.0. The SMILES string of the molecule is Cc1noc(C)c1C1CCCN1Cc1cccc2c1OCO2. The molecule has 5 heteroatoms. The van der Waals surface area contributed by atoms with E-state index in [1.54, 1.807) is 0 Å². The molecule has 0 spiro atoms. The molecule has 0 bridgehead atoms. The van der Waals surface area contributed by atoms with Crippen LogP contribution in [0, 0.1) is 13.8 Å². The first-order chi connectivity index (χ1) is 10.7. The van der Waals surface area contributed by atoms with Gasteiger partial charge in [-0.15, -0.1) is 0 Å². The number of rotatable bonds is 3. The highest BCUT2D eigenvalue weighted by atomic mass is 16.7. The maximum Gasteiger partial charge on any atom is 0.231 e. The van der Waals surface area contributed by atoms with Gasteiger partial charge in [0.2, 0.25) is 6.79 Å². The molecule has 4 rings (SSSR count). The fraction of sp³-hybridized carbons (Fsp3) is 0.471. The Morgan fingerprint density at radius 2 is 2.18 bits per heavy atom. The van der Waals surface area contributed by atoms with Crippen molar-refractivity contribution in [2.75, 3.05) is 13.3 Å². The molecule has 1 aromatic heterocycles. The number of aryl methyl sites for hydroxylation is 2. The van der Waals surface area contributed by atoms with E-state index >= 15 is 0 Å². The van der Waals surface area contributed by atoms with E-state index in [0.717, 1.165) is 42.5 Å². The Labute approximate surface area is 129 Å². The third kappa shape index (κ3) is 2.16. The van der Waals surface area contributed by atoms with Gasteiger partial charge in [-0.25, -0.2) is 0 Å². The lowest BCUT2D eigenvalue weighted by atomic mass is 10.0. The zero-order chi connectivity index (χ0) is 15.1. The molecule has 1 aromatic carbocycles. The Morgan fingerprint density at radius 1 is 1.27 bits per heavy atom. The molecule has 0 radical (unpaired) electrons. The first-order valence-corrected chi connectivity index (χ1v) is 7.78. The Bertz CT molecular complexity index is 676. The lowest BCUT2D eigenvalue weighted by Gasteiger charge is -2.25. The van der Waals surface area contributed by atoms with Gasteiger partial charge in [0.1, 0.15) is 5.76 Å². The summed E-state index contributed by atoms with van der Waals surface area (Å²) in [5, 5.41) is 4.11. The van der Waals surface area contributed by atoms with Gasteiger partial charge in [-0.05, 0) is 39.3 Å². The minimum atomic E-state index is 0.319. The van der Waals surface area contributed by atoms with E-state index in [2.05, 4.69) is 16.1 Å². The topological polar surface area (TPSA) is 47.7 Å². The maximum atomic E-state index is 5.63. The number of benzene rings is 1. The lowest BCUT2D eigenvalue weighted by Crippen LogP contribution is -2.23. The number of nitrogens with zero attached hydrogens (tertiary/aromatic N) is 2. The number of hydrogen-bond donors (Lipinski definition) is 0. The Kier molecular flexibility index (Phi) is 3.30. The monoisotopic (exact) mass is 300 g/mol. The van der Waals surface area contributed by atoms with Crippen molar-refractivity contribution >= 4 is 0 Å². The quantitative estimate of drug-likeness (QED) is 0.870. The highest BCUT2D eigenvalue weighted by molar-refractivity contribution is 5.48. The van der Waals surface area contributed by atoms with Crippen molar-refractivity contribution in [2.45, 2.75) is 39.3 Å². The molecular formula is C17H20N2O3. The van der Waals surface area contributed by atoms with Crippen LogP contribution < -0.4 is 9.47 Å². The van der Waals surface area contributed by atoms with Gasteiger partial charge in [0.15, 0.2) is 11.5 Å². The molecule has 5 nitrogen and oxygen atoms in total. The van der Waals surface area contributed by atoms with Crippen molar-refractivity contribution in [1.82, 2.24) is 10.1 Å². The van der Waals surface area contributed by atoms with Crippen LogP contribution in [0.2, 0.25) is 0 Å². The molecule has 0 aliphatic carbocycles. The number of para-hydroxylation sites is 1. The largest absolute Gasteiger partial charge is 0.454 e. The maximum absolute atomic E-state index is 5.63. The number of likely N-dealkylation sites (tertiary alicyclic amines) is 1. The molecule has 2 aliphatic rings. The molecule has 3 heterocycles. The summed E-state index contributed by atoms with van der Waals surface area (Å²) in [7, 11) is 0. The summed E-state index contributed by atoms with van der Waals surface area (Å²) in [6, 6.07) is 6.49.